The number of nitrogen functional groups attached to an aromatic ring is 1. The van der Waals surface area contributed by atoms with Crippen LogP contribution in [0.5, 0.6) is 0 Å². The van der Waals surface area contributed by atoms with Gasteiger partial charge in [-0.3, -0.25) is 9.67 Å². The molecule has 0 aliphatic heterocycles. The molecular formula is C15H12FIN4. The summed E-state index contributed by atoms with van der Waals surface area (Å²) in [6, 6.07) is 8.41. The average Bonchev–Trinajstić information content (AvgIpc) is 2.75. The molecule has 0 saturated heterocycles. The molecule has 6 heteroatoms. The Labute approximate surface area is 135 Å². The molecule has 2 heterocycles. The van der Waals surface area contributed by atoms with Crippen LogP contribution in [0.2, 0.25) is 0 Å². The van der Waals surface area contributed by atoms with Crippen LogP contribution in [-0.2, 0) is 7.05 Å². The van der Waals surface area contributed by atoms with Gasteiger partial charge in [-0.25, -0.2) is 4.39 Å². The summed E-state index contributed by atoms with van der Waals surface area (Å²) in [7, 11) is 1.79. The molecule has 0 bridgehead atoms. The van der Waals surface area contributed by atoms with E-state index in [1.165, 1.54) is 12.1 Å². The summed E-state index contributed by atoms with van der Waals surface area (Å²) in [5.41, 5.74) is 9.43. The Hall–Kier alpha value is -1.96. The van der Waals surface area contributed by atoms with Crippen LogP contribution in [0.25, 0.3) is 22.4 Å². The number of nitrogens with zero attached hydrogens (tertiary/aromatic N) is 3. The predicted octanol–water partition coefficient (Wildman–Crippen LogP) is 3.48. The van der Waals surface area contributed by atoms with Crippen molar-refractivity contribution in [2.45, 2.75) is 0 Å². The maximum atomic E-state index is 13.3. The molecule has 1 aromatic carbocycles. The summed E-state index contributed by atoms with van der Waals surface area (Å²) in [6.07, 6.45) is 3.45. The zero-order chi connectivity index (χ0) is 15.0. The molecule has 21 heavy (non-hydrogen) atoms. The zero-order valence-electron chi connectivity index (χ0n) is 11.2. The highest BCUT2D eigenvalue weighted by molar-refractivity contribution is 14.1. The molecule has 0 aliphatic rings. The lowest BCUT2D eigenvalue weighted by atomic mass is 10.0. The number of halogens is 2. The topological polar surface area (TPSA) is 56.7 Å². The smallest absolute Gasteiger partial charge is 0.129 e. The largest absolute Gasteiger partial charge is 0.383 e. The molecule has 0 radical (unpaired) electrons. The third-order valence-electron chi connectivity index (χ3n) is 3.23. The number of pyridine rings is 1. The average molecular weight is 394 g/mol. The van der Waals surface area contributed by atoms with E-state index in [4.69, 9.17) is 5.73 Å². The summed E-state index contributed by atoms with van der Waals surface area (Å²) in [5, 5.41) is 4.48. The monoisotopic (exact) mass is 394 g/mol. The first-order valence-corrected chi connectivity index (χ1v) is 7.34. The molecular weight excluding hydrogens is 382 g/mol. The second-order valence-corrected chi connectivity index (χ2v) is 5.76. The van der Waals surface area contributed by atoms with Crippen molar-refractivity contribution >= 4 is 28.4 Å². The van der Waals surface area contributed by atoms with Crippen LogP contribution in [-0.4, -0.2) is 14.8 Å². The summed E-state index contributed by atoms with van der Waals surface area (Å²) in [4.78, 5) is 4.13. The number of hydrogen-bond acceptors (Lipinski definition) is 3. The van der Waals surface area contributed by atoms with Crippen molar-refractivity contribution < 1.29 is 4.39 Å². The van der Waals surface area contributed by atoms with E-state index in [1.807, 2.05) is 12.1 Å². The van der Waals surface area contributed by atoms with Crippen molar-refractivity contribution in [2.24, 2.45) is 7.05 Å². The zero-order valence-corrected chi connectivity index (χ0v) is 13.4. The summed E-state index contributed by atoms with van der Waals surface area (Å²) in [5.74, 6) is 0.285. The Morgan fingerprint density at radius 2 is 2.10 bits per heavy atom. The molecule has 3 rings (SSSR count). The highest BCUT2D eigenvalue weighted by Gasteiger charge is 2.19. The second kappa shape index (κ2) is 5.44. The predicted molar refractivity (Wildman–Crippen MR) is 89.0 cm³/mol. The Kier molecular flexibility index (Phi) is 3.62. The van der Waals surface area contributed by atoms with Crippen molar-refractivity contribution in [1.82, 2.24) is 14.8 Å². The van der Waals surface area contributed by atoms with Crippen molar-refractivity contribution in [1.29, 1.82) is 0 Å². The van der Waals surface area contributed by atoms with E-state index in [1.54, 1.807) is 30.2 Å². The first-order valence-electron chi connectivity index (χ1n) is 6.26. The van der Waals surface area contributed by atoms with E-state index >= 15 is 0 Å². The molecule has 4 nitrogen and oxygen atoms in total. The lowest BCUT2D eigenvalue weighted by molar-refractivity contribution is 0.627. The second-order valence-electron chi connectivity index (χ2n) is 4.60. The molecule has 0 spiro atoms. The lowest BCUT2D eigenvalue weighted by Gasteiger charge is -2.06. The standard InChI is InChI=1S/C15H12FIN4/c1-21-15(18)13(9-3-2-6-19-8-9)14(20-21)11-5-4-10(16)7-12(11)17/h2-8H,18H2,1H3. The van der Waals surface area contributed by atoms with Gasteiger partial charge >= 0.3 is 0 Å². The number of aryl methyl sites for hydroxylation is 1. The number of nitrogens with two attached hydrogens (primary N) is 1. The molecule has 2 aromatic heterocycles. The molecule has 0 unspecified atom stereocenters. The molecule has 2 N–H and O–H groups in total. The van der Waals surface area contributed by atoms with Crippen molar-refractivity contribution in [3.05, 3.63) is 52.1 Å². The van der Waals surface area contributed by atoms with Crippen molar-refractivity contribution in [3.63, 3.8) is 0 Å². The molecule has 0 aliphatic carbocycles. The maximum absolute atomic E-state index is 13.3. The maximum Gasteiger partial charge on any atom is 0.129 e. The summed E-state index contributed by atoms with van der Waals surface area (Å²) < 4.78 is 15.7. The Morgan fingerprint density at radius 3 is 2.76 bits per heavy atom. The van der Waals surface area contributed by atoms with Gasteiger partial charge in [-0.15, -0.1) is 0 Å². The normalized spacial score (nSPS) is 10.8. The number of anilines is 1. The van der Waals surface area contributed by atoms with Gasteiger partial charge in [-0.2, -0.15) is 5.10 Å². The fraction of sp³-hybridized carbons (Fsp3) is 0.0667. The minimum atomic E-state index is -0.269. The first-order chi connectivity index (χ1) is 10.1. The van der Waals surface area contributed by atoms with Crippen LogP contribution in [0.15, 0.2) is 42.7 Å². The van der Waals surface area contributed by atoms with E-state index < -0.39 is 0 Å². The van der Waals surface area contributed by atoms with Crippen LogP contribution in [0.1, 0.15) is 0 Å². The summed E-state index contributed by atoms with van der Waals surface area (Å²) in [6.45, 7) is 0. The highest BCUT2D eigenvalue weighted by Crippen LogP contribution is 2.37. The fourth-order valence-corrected chi connectivity index (χ4v) is 2.94. The van der Waals surface area contributed by atoms with Crippen LogP contribution >= 0.6 is 22.6 Å². The van der Waals surface area contributed by atoms with Gasteiger partial charge in [-0.1, -0.05) is 6.07 Å². The Morgan fingerprint density at radius 1 is 1.29 bits per heavy atom. The highest BCUT2D eigenvalue weighted by atomic mass is 127. The van der Waals surface area contributed by atoms with E-state index in [-0.39, 0.29) is 5.82 Å². The number of benzene rings is 1. The Balaban J connectivity index is 2.27. The van der Waals surface area contributed by atoms with Gasteiger partial charge in [0.15, 0.2) is 0 Å². The lowest BCUT2D eigenvalue weighted by Crippen LogP contribution is -1.98. The van der Waals surface area contributed by atoms with Gasteiger partial charge in [0.1, 0.15) is 17.3 Å². The van der Waals surface area contributed by atoms with Crippen LogP contribution in [0.3, 0.4) is 0 Å². The minimum absolute atomic E-state index is 0.269. The van der Waals surface area contributed by atoms with E-state index in [0.29, 0.717) is 5.82 Å². The van der Waals surface area contributed by atoms with E-state index in [0.717, 1.165) is 26.0 Å². The SMILES string of the molecule is Cn1nc(-c2ccc(F)cc2I)c(-c2cccnc2)c1N. The van der Waals surface area contributed by atoms with Gasteiger partial charge in [0, 0.05) is 34.1 Å². The number of aromatic nitrogens is 3. The van der Waals surface area contributed by atoms with Crippen LogP contribution in [0, 0.1) is 9.39 Å². The molecule has 0 saturated carbocycles. The first kappa shape index (κ1) is 14.0. The minimum Gasteiger partial charge on any atom is -0.383 e. The molecule has 0 atom stereocenters. The van der Waals surface area contributed by atoms with Crippen LogP contribution in [0.4, 0.5) is 10.2 Å². The molecule has 0 fully saturated rings. The quantitative estimate of drug-likeness (QED) is 0.678. The van der Waals surface area contributed by atoms with E-state index in [9.17, 15) is 4.39 Å². The Bertz CT molecular complexity index is 799. The molecule has 3 aromatic rings. The number of hydrogen-bond donors (Lipinski definition) is 1. The van der Waals surface area contributed by atoms with Gasteiger partial charge in [0.05, 0.1) is 5.56 Å². The third kappa shape index (κ3) is 2.51. The van der Waals surface area contributed by atoms with Gasteiger partial charge in [0.2, 0.25) is 0 Å². The fourth-order valence-electron chi connectivity index (χ4n) is 2.20. The summed E-state index contributed by atoms with van der Waals surface area (Å²) >= 11 is 2.10. The van der Waals surface area contributed by atoms with Crippen molar-refractivity contribution in [2.75, 3.05) is 5.73 Å². The van der Waals surface area contributed by atoms with Gasteiger partial charge < -0.3 is 5.73 Å². The van der Waals surface area contributed by atoms with Gasteiger partial charge in [0.25, 0.3) is 0 Å². The van der Waals surface area contributed by atoms with Gasteiger partial charge in [-0.05, 0) is 46.9 Å². The number of rotatable bonds is 2. The van der Waals surface area contributed by atoms with E-state index in [2.05, 4.69) is 32.7 Å². The molecule has 106 valence electrons. The third-order valence-corrected chi connectivity index (χ3v) is 4.12. The van der Waals surface area contributed by atoms with Crippen molar-refractivity contribution in [3.8, 4) is 22.4 Å². The van der Waals surface area contributed by atoms with Crippen LogP contribution < -0.4 is 5.73 Å². The molecule has 0 amide bonds.